The van der Waals surface area contributed by atoms with E-state index in [1.807, 2.05) is 29.2 Å². The Hall–Kier alpha value is -3.36. The fourth-order valence-electron chi connectivity index (χ4n) is 5.09. The van der Waals surface area contributed by atoms with E-state index in [0.29, 0.717) is 16.2 Å². The van der Waals surface area contributed by atoms with Crippen molar-refractivity contribution in [3.05, 3.63) is 82.3 Å². The molecule has 1 aliphatic carbocycles. The lowest BCUT2D eigenvalue weighted by Gasteiger charge is -2.36. The lowest BCUT2D eigenvalue weighted by atomic mass is 9.90. The number of ether oxygens (including phenoxy) is 1. The molecule has 8 heteroatoms. The van der Waals surface area contributed by atoms with E-state index in [-0.39, 0.29) is 34.6 Å². The third kappa shape index (κ3) is 5.56. The number of aliphatic imine (C=N–C) groups is 1. The highest BCUT2D eigenvalue weighted by atomic mass is 32.1. The second-order valence-electron chi connectivity index (χ2n) is 9.55. The highest BCUT2D eigenvalue weighted by Crippen LogP contribution is 2.37. The predicted molar refractivity (Wildman–Crippen MR) is 152 cm³/mol. The number of hydrogen-bond acceptors (Lipinski definition) is 5. The molecule has 4 rings (SSSR count). The molecule has 0 atom stereocenters. The summed E-state index contributed by atoms with van der Waals surface area (Å²) in [5.74, 6) is -0.652. The van der Waals surface area contributed by atoms with E-state index in [1.165, 1.54) is 0 Å². The summed E-state index contributed by atoms with van der Waals surface area (Å²) in [5, 5.41) is 0.168. The summed E-state index contributed by atoms with van der Waals surface area (Å²) in [5.41, 5.74) is 9.25. The highest BCUT2D eigenvalue weighted by molar-refractivity contribution is 7.21. The molecule has 1 aromatic heterocycles. The minimum Gasteiger partial charge on any atom is -0.496 e. The van der Waals surface area contributed by atoms with Crippen molar-refractivity contribution in [1.29, 1.82) is 0 Å². The molecule has 0 radical (unpaired) electrons. The van der Waals surface area contributed by atoms with E-state index in [1.54, 1.807) is 33.4 Å². The molecule has 2 N–H and O–H groups in total. The van der Waals surface area contributed by atoms with Gasteiger partial charge in [-0.15, -0.1) is 11.3 Å². The van der Waals surface area contributed by atoms with Crippen LogP contribution in [-0.2, 0) is 6.54 Å². The van der Waals surface area contributed by atoms with Gasteiger partial charge in [-0.05, 0) is 79.6 Å². The van der Waals surface area contributed by atoms with Crippen molar-refractivity contribution in [2.45, 2.75) is 51.2 Å². The van der Waals surface area contributed by atoms with Gasteiger partial charge in [0.15, 0.2) is 0 Å². The normalized spacial score (nSPS) is 18.2. The number of nitrogens with two attached hydrogens (primary N) is 1. The molecule has 0 aliphatic heterocycles. The Kier molecular flexibility index (Phi) is 8.74. The number of hydrogen-bond donors (Lipinski definition) is 1. The quantitative estimate of drug-likeness (QED) is 0.258. The summed E-state index contributed by atoms with van der Waals surface area (Å²) >= 11 is 1.01. The molecule has 1 amide bonds. The van der Waals surface area contributed by atoms with Gasteiger partial charge in [0.2, 0.25) is 0 Å². The van der Waals surface area contributed by atoms with Crippen molar-refractivity contribution in [3.63, 3.8) is 0 Å². The Balaban J connectivity index is 1.79. The van der Waals surface area contributed by atoms with Crippen molar-refractivity contribution < 1.29 is 18.3 Å². The zero-order chi connectivity index (χ0) is 27.4. The summed E-state index contributed by atoms with van der Waals surface area (Å²) in [7, 11) is 3.30. The second-order valence-corrected chi connectivity index (χ2v) is 10.6. The number of carbonyl (C=O) groups excluding carboxylic acids is 1. The molecule has 200 valence electrons. The van der Waals surface area contributed by atoms with Crippen LogP contribution in [0.25, 0.3) is 15.7 Å². The van der Waals surface area contributed by atoms with Crippen LogP contribution in [0.2, 0.25) is 0 Å². The van der Waals surface area contributed by atoms with Gasteiger partial charge < -0.3 is 15.4 Å². The number of fused-ring (bicyclic) bond motifs is 1. The Morgan fingerprint density at radius 2 is 1.92 bits per heavy atom. The van der Waals surface area contributed by atoms with Gasteiger partial charge in [-0.1, -0.05) is 18.7 Å². The van der Waals surface area contributed by atoms with Crippen LogP contribution in [0.1, 0.15) is 52.0 Å². The SMILES string of the molecule is C=C/C(=C\C=NC)c1ccc(OC)c(CN(C(=O)c2sc3c(F)ccc(F)c3c2C)C2CCC(N)CC2)c1. The maximum absolute atomic E-state index is 14.7. The number of rotatable bonds is 8. The number of thiophene rings is 1. The van der Waals surface area contributed by atoms with Crippen LogP contribution in [0, 0.1) is 18.6 Å². The van der Waals surface area contributed by atoms with Gasteiger partial charge in [-0.25, -0.2) is 8.78 Å². The fourth-order valence-corrected chi connectivity index (χ4v) is 6.27. The molecule has 3 aromatic rings. The first-order chi connectivity index (χ1) is 18.3. The molecule has 0 spiro atoms. The summed E-state index contributed by atoms with van der Waals surface area (Å²) in [6.07, 6.45) is 8.44. The van der Waals surface area contributed by atoms with E-state index in [0.717, 1.165) is 65.9 Å². The summed E-state index contributed by atoms with van der Waals surface area (Å²) in [6.45, 7) is 5.88. The predicted octanol–water partition coefficient (Wildman–Crippen LogP) is 6.68. The summed E-state index contributed by atoms with van der Waals surface area (Å²) in [6, 6.07) is 8.06. The first-order valence-electron chi connectivity index (χ1n) is 12.6. The topological polar surface area (TPSA) is 67.9 Å². The maximum atomic E-state index is 14.7. The fraction of sp³-hybridized carbons (Fsp3) is 0.333. The lowest BCUT2D eigenvalue weighted by molar-refractivity contribution is 0.0609. The molecule has 0 saturated heterocycles. The lowest BCUT2D eigenvalue weighted by Crippen LogP contribution is -2.43. The van der Waals surface area contributed by atoms with Crippen molar-refractivity contribution in [3.8, 4) is 5.75 Å². The van der Waals surface area contributed by atoms with Crippen molar-refractivity contribution in [1.82, 2.24) is 4.90 Å². The Morgan fingerprint density at radius 3 is 2.55 bits per heavy atom. The van der Waals surface area contributed by atoms with Gasteiger partial charge in [0.25, 0.3) is 5.91 Å². The van der Waals surface area contributed by atoms with Crippen LogP contribution in [0.15, 0.2) is 54.1 Å². The van der Waals surface area contributed by atoms with E-state index in [2.05, 4.69) is 11.6 Å². The van der Waals surface area contributed by atoms with Gasteiger partial charge in [0, 0.05) is 42.8 Å². The molecular formula is C30H33F2N3O2S. The molecule has 5 nitrogen and oxygen atoms in total. The van der Waals surface area contributed by atoms with E-state index in [9.17, 15) is 13.6 Å². The minimum absolute atomic E-state index is 0.0587. The van der Waals surface area contributed by atoms with Gasteiger partial charge in [-0.2, -0.15) is 0 Å². The van der Waals surface area contributed by atoms with Crippen LogP contribution >= 0.6 is 11.3 Å². The average molecular weight is 538 g/mol. The number of allylic oxidation sites excluding steroid dienone is 3. The van der Waals surface area contributed by atoms with E-state index >= 15 is 0 Å². The van der Waals surface area contributed by atoms with Gasteiger partial charge in [0.05, 0.1) is 16.7 Å². The molecule has 1 saturated carbocycles. The molecular weight excluding hydrogens is 504 g/mol. The number of benzene rings is 2. The molecule has 2 aromatic carbocycles. The Bertz CT molecular complexity index is 1400. The molecule has 1 heterocycles. The number of nitrogens with zero attached hydrogens (tertiary/aromatic N) is 2. The van der Waals surface area contributed by atoms with E-state index in [4.69, 9.17) is 10.5 Å². The van der Waals surface area contributed by atoms with Crippen LogP contribution in [0.5, 0.6) is 5.75 Å². The molecule has 0 bridgehead atoms. The smallest absolute Gasteiger partial charge is 0.264 e. The molecule has 0 unspecified atom stereocenters. The first kappa shape index (κ1) is 27.7. The van der Waals surface area contributed by atoms with Gasteiger partial charge >= 0.3 is 0 Å². The Morgan fingerprint density at radius 1 is 1.21 bits per heavy atom. The summed E-state index contributed by atoms with van der Waals surface area (Å²) < 4.78 is 35.1. The number of methoxy groups -OCH3 is 1. The number of amides is 1. The average Bonchev–Trinajstić information content (AvgIpc) is 3.28. The summed E-state index contributed by atoms with van der Waals surface area (Å²) in [4.78, 5) is 20.3. The van der Waals surface area contributed by atoms with Crippen LogP contribution in [0.3, 0.4) is 0 Å². The van der Waals surface area contributed by atoms with E-state index < -0.39 is 11.6 Å². The maximum Gasteiger partial charge on any atom is 0.264 e. The first-order valence-corrected chi connectivity index (χ1v) is 13.5. The second kappa shape index (κ2) is 12.0. The number of halogens is 2. The van der Waals surface area contributed by atoms with Gasteiger partial charge in [0.1, 0.15) is 17.4 Å². The van der Waals surface area contributed by atoms with Gasteiger partial charge in [-0.3, -0.25) is 9.79 Å². The molecule has 38 heavy (non-hydrogen) atoms. The van der Waals surface area contributed by atoms with Crippen LogP contribution in [0.4, 0.5) is 8.78 Å². The molecule has 1 aliphatic rings. The number of aryl methyl sites for hydroxylation is 1. The zero-order valence-corrected chi connectivity index (χ0v) is 22.8. The zero-order valence-electron chi connectivity index (χ0n) is 22.0. The van der Waals surface area contributed by atoms with Crippen molar-refractivity contribution >= 4 is 39.1 Å². The van der Waals surface area contributed by atoms with Crippen LogP contribution in [-0.4, -0.2) is 43.3 Å². The standard InChI is InChI=1S/C30H33F2N3O2S/c1-5-19(14-15-34-3)20-6-13-26(37-4)21(16-20)17-35(23-9-7-22(33)8-10-23)30(36)28-18(2)27-24(31)11-12-25(32)29(27)38-28/h5-6,11-16,22-23H,1,7-10,17,33H2,2-4H3/b19-14+,34-15?. The van der Waals surface area contributed by atoms with Crippen LogP contribution < -0.4 is 10.5 Å². The number of carbonyl (C=O) groups is 1. The minimum atomic E-state index is -0.530. The monoisotopic (exact) mass is 537 g/mol. The van der Waals surface area contributed by atoms with Crippen molar-refractivity contribution in [2.75, 3.05) is 14.2 Å². The third-order valence-corrected chi connectivity index (χ3v) is 8.48. The largest absolute Gasteiger partial charge is 0.496 e. The highest BCUT2D eigenvalue weighted by Gasteiger charge is 2.32. The van der Waals surface area contributed by atoms with Crippen molar-refractivity contribution in [2.24, 2.45) is 10.7 Å². The molecule has 1 fully saturated rings. The Labute approximate surface area is 226 Å². The third-order valence-electron chi connectivity index (χ3n) is 7.19.